The van der Waals surface area contributed by atoms with Gasteiger partial charge in [-0.25, -0.2) is 9.97 Å². The van der Waals surface area contributed by atoms with Crippen molar-refractivity contribution < 1.29 is 4.42 Å². The molecule has 2 aromatic heterocycles. The van der Waals surface area contributed by atoms with E-state index in [-0.39, 0.29) is 5.89 Å². The third kappa shape index (κ3) is 4.69. The van der Waals surface area contributed by atoms with Gasteiger partial charge in [0.1, 0.15) is 0 Å². The molecule has 0 aliphatic carbocycles. The minimum atomic E-state index is -0.0599. The van der Waals surface area contributed by atoms with Crippen molar-refractivity contribution in [2.24, 2.45) is 0 Å². The van der Waals surface area contributed by atoms with Gasteiger partial charge in [0.25, 0.3) is 0 Å². The van der Waals surface area contributed by atoms with Crippen molar-refractivity contribution in [3.05, 3.63) is 145 Å². The monoisotopic (exact) mass is 577 g/mol. The van der Waals surface area contributed by atoms with Crippen LogP contribution in [0.4, 0.5) is 0 Å². The maximum absolute atomic E-state index is 9.20. The van der Waals surface area contributed by atoms with Crippen molar-refractivity contribution in [1.29, 1.82) is 5.26 Å². The molecular weight excluding hydrogens is 554 g/mol. The Balaban J connectivity index is 1.33. The number of fused-ring (bicyclic) bond motifs is 2. The summed E-state index contributed by atoms with van der Waals surface area (Å²) in [5.74, 6) is 0.944. The molecule has 0 saturated heterocycles. The Morgan fingerprint density at radius 1 is 0.467 bits per heavy atom. The van der Waals surface area contributed by atoms with Crippen molar-refractivity contribution in [1.82, 2.24) is 20.2 Å². The number of aromatic nitrogens is 4. The fourth-order valence-electron chi connectivity index (χ4n) is 5.91. The highest BCUT2D eigenvalue weighted by molar-refractivity contribution is 6.11. The molecule has 6 aromatic carbocycles. The highest BCUT2D eigenvalue weighted by atomic mass is 16.4. The average molecular weight is 578 g/mol. The van der Waals surface area contributed by atoms with E-state index in [4.69, 9.17) is 14.4 Å². The van der Waals surface area contributed by atoms with E-state index in [1.807, 2.05) is 78.9 Å². The first-order valence-corrected chi connectivity index (χ1v) is 14.5. The molecule has 6 heteroatoms. The second kappa shape index (κ2) is 11.0. The predicted octanol–water partition coefficient (Wildman–Crippen LogP) is 9.37. The van der Waals surface area contributed by atoms with Crippen LogP contribution in [-0.2, 0) is 0 Å². The lowest BCUT2D eigenvalue weighted by molar-refractivity contribution is 0.553. The fourth-order valence-corrected chi connectivity index (χ4v) is 5.91. The van der Waals surface area contributed by atoms with Gasteiger partial charge in [-0.3, -0.25) is 0 Å². The predicted molar refractivity (Wildman–Crippen MR) is 177 cm³/mol. The average Bonchev–Trinajstić information content (AvgIpc) is 3.61. The number of benzene rings is 6. The summed E-state index contributed by atoms with van der Waals surface area (Å²) in [6.07, 6.45) is 0. The van der Waals surface area contributed by atoms with Gasteiger partial charge < -0.3 is 4.42 Å². The van der Waals surface area contributed by atoms with Crippen molar-refractivity contribution in [2.75, 3.05) is 0 Å². The number of hydrogen-bond donors (Lipinski definition) is 0. The molecule has 0 atom stereocenters. The Hall–Kier alpha value is -6.45. The number of hydrogen-bond acceptors (Lipinski definition) is 6. The molecule has 0 aliphatic heterocycles. The zero-order chi connectivity index (χ0) is 30.2. The number of nitriles is 1. The molecular formula is C39H23N5O. The molecule has 45 heavy (non-hydrogen) atoms. The lowest BCUT2D eigenvalue weighted by Crippen LogP contribution is -1.96. The van der Waals surface area contributed by atoms with Crippen LogP contribution in [0.25, 0.3) is 78.0 Å². The van der Waals surface area contributed by atoms with Crippen molar-refractivity contribution in [3.63, 3.8) is 0 Å². The minimum Gasteiger partial charge on any atom is -0.408 e. The smallest absolute Gasteiger partial charge is 0.321 e. The molecule has 0 bridgehead atoms. The first kappa shape index (κ1) is 26.2. The summed E-state index contributed by atoms with van der Waals surface area (Å²) < 4.78 is 5.60. The molecule has 0 spiro atoms. The second-order valence-corrected chi connectivity index (χ2v) is 10.6. The minimum absolute atomic E-state index is 0.0599. The van der Waals surface area contributed by atoms with Gasteiger partial charge in [0, 0.05) is 22.3 Å². The zero-order valence-corrected chi connectivity index (χ0v) is 23.9. The number of rotatable bonds is 5. The summed E-state index contributed by atoms with van der Waals surface area (Å²) in [6, 6.07) is 49.3. The first-order chi connectivity index (χ1) is 22.3. The van der Waals surface area contributed by atoms with Crippen molar-refractivity contribution >= 4 is 21.5 Å². The van der Waals surface area contributed by atoms with Crippen molar-refractivity contribution in [2.45, 2.75) is 0 Å². The molecule has 0 amide bonds. The van der Waals surface area contributed by atoms with Gasteiger partial charge in [-0.05, 0) is 44.8 Å². The summed E-state index contributed by atoms with van der Waals surface area (Å²) in [5.41, 5.74) is 7.72. The highest BCUT2D eigenvalue weighted by Crippen LogP contribution is 2.41. The normalized spacial score (nSPS) is 11.1. The maximum Gasteiger partial charge on any atom is 0.321 e. The summed E-state index contributed by atoms with van der Waals surface area (Å²) >= 11 is 0. The molecule has 8 rings (SSSR count). The van der Waals surface area contributed by atoms with Gasteiger partial charge in [-0.1, -0.05) is 132 Å². The van der Waals surface area contributed by atoms with Gasteiger partial charge in [0.05, 0.1) is 11.4 Å². The van der Waals surface area contributed by atoms with Crippen LogP contribution >= 0.6 is 0 Å². The number of nitrogens with zero attached hydrogens (tertiary/aromatic N) is 5. The largest absolute Gasteiger partial charge is 0.408 e. The molecule has 6 nitrogen and oxygen atoms in total. The highest BCUT2D eigenvalue weighted by Gasteiger charge is 2.18. The van der Waals surface area contributed by atoms with E-state index in [9.17, 15) is 5.26 Å². The van der Waals surface area contributed by atoms with Crippen LogP contribution in [0.3, 0.4) is 0 Å². The molecule has 210 valence electrons. The van der Waals surface area contributed by atoms with Gasteiger partial charge in [-0.2, -0.15) is 5.26 Å². The SMILES string of the molecule is N#Cc1nnc(-c2ccc(-c3ccc(-c4cc(-c5ccccc5)nc(-c5ccccc5)n4)c4ccccc34)c3ccccc23)o1. The van der Waals surface area contributed by atoms with Crippen LogP contribution in [0.2, 0.25) is 0 Å². The van der Waals surface area contributed by atoms with Crippen LogP contribution < -0.4 is 0 Å². The third-order valence-electron chi connectivity index (χ3n) is 7.99. The summed E-state index contributed by atoms with van der Waals surface area (Å²) in [5, 5.41) is 21.4. The standard InChI is InChI=1S/C39H23N5O/c40-24-37-43-44-39(45-37)34-22-20-32(28-16-8-10-18-30(28)34)31-19-21-33(29-17-9-7-15-27(29)31)36-23-35(25-11-3-1-4-12-25)41-38(42-36)26-13-5-2-6-14-26/h1-23H. The van der Waals surface area contributed by atoms with Gasteiger partial charge in [0.2, 0.25) is 5.89 Å². The Kier molecular flexibility index (Phi) is 6.40. The fraction of sp³-hybridized carbons (Fsp3) is 0. The Morgan fingerprint density at radius 3 is 1.56 bits per heavy atom. The van der Waals surface area contributed by atoms with E-state index in [0.717, 1.165) is 66.3 Å². The van der Waals surface area contributed by atoms with E-state index in [0.29, 0.717) is 11.7 Å². The zero-order valence-electron chi connectivity index (χ0n) is 23.9. The molecule has 0 fully saturated rings. The molecule has 0 radical (unpaired) electrons. The van der Waals surface area contributed by atoms with E-state index in [1.54, 1.807) is 0 Å². The first-order valence-electron chi connectivity index (χ1n) is 14.5. The Labute approximate surface area is 258 Å². The molecule has 8 aromatic rings. The van der Waals surface area contributed by atoms with E-state index in [2.05, 4.69) is 76.9 Å². The molecule has 2 heterocycles. The van der Waals surface area contributed by atoms with E-state index >= 15 is 0 Å². The van der Waals surface area contributed by atoms with Crippen LogP contribution in [-0.4, -0.2) is 20.2 Å². The quantitative estimate of drug-likeness (QED) is 0.202. The summed E-state index contributed by atoms with van der Waals surface area (Å²) in [6.45, 7) is 0. The van der Waals surface area contributed by atoms with Crippen LogP contribution in [0, 0.1) is 11.3 Å². The van der Waals surface area contributed by atoms with Gasteiger partial charge >= 0.3 is 5.89 Å². The van der Waals surface area contributed by atoms with Crippen LogP contribution in [0.15, 0.2) is 144 Å². The Morgan fingerprint density at radius 2 is 0.956 bits per heavy atom. The maximum atomic E-state index is 9.20. The lowest BCUT2D eigenvalue weighted by Gasteiger charge is -2.15. The summed E-state index contributed by atoms with van der Waals surface area (Å²) in [7, 11) is 0. The molecule has 0 N–H and O–H groups in total. The molecule has 0 aliphatic rings. The lowest BCUT2D eigenvalue weighted by atomic mass is 9.89. The molecule has 0 saturated carbocycles. The van der Waals surface area contributed by atoms with E-state index in [1.165, 1.54) is 0 Å². The van der Waals surface area contributed by atoms with Crippen molar-refractivity contribution in [3.8, 4) is 62.6 Å². The van der Waals surface area contributed by atoms with Crippen LogP contribution in [0.5, 0.6) is 0 Å². The van der Waals surface area contributed by atoms with Gasteiger partial charge in [0.15, 0.2) is 11.9 Å². The van der Waals surface area contributed by atoms with Crippen LogP contribution in [0.1, 0.15) is 5.89 Å². The third-order valence-corrected chi connectivity index (χ3v) is 7.99. The molecule has 0 unspecified atom stereocenters. The Bertz CT molecular complexity index is 2330. The topological polar surface area (TPSA) is 88.5 Å². The van der Waals surface area contributed by atoms with Gasteiger partial charge in [-0.15, -0.1) is 5.10 Å². The second-order valence-electron chi connectivity index (χ2n) is 10.6. The summed E-state index contributed by atoms with van der Waals surface area (Å²) in [4.78, 5) is 10.1. The van der Waals surface area contributed by atoms with E-state index < -0.39 is 0 Å².